The minimum absolute atomic E-state index is 0.0532. The maximum absolute atomic E-state index is 12.7. The summed E-state index contributed by atoms with van der Waals surface area (Å²) in [6.45, 7) is 4.58. The molecule has 0 radical (unpaired) electrons. The first-order chi connectivity index (χ1) is 15.1. The number of piperazine rings is 1. The molecular weight excluding hydrogens is 410 g/mol. The summed E-state index contributed by atoms with van der Waals surface area (Å²) in [7, 11) is 0. The van der Waals surface area contributed by atoms with Gasteiger partial charge in [0.1, 0.15) is 5.76 Å². The molecule has 3 aromatic rings. The van der Waals surface area contributed by atoms with E-state index in [2.05, 4.69) is 10.2 Å². The van der Waals surface area contributed by atoms with Gasteiger partial charge in [-0.15, -0.1) is 0 Å². The van der Waals surface area contributed by atoms with E-state index >= 15 is 0 Å². The number of rotatable bonds is 6. The number of anilines is 1. The Morgan fingerprint density at radius 1 is 0.935 bits per heavy atom. The molecule has 1 aliphatic heterocycles. The molecule has 1 N–H and O–H groups in total. The maximum atomic E-state index is 12.7. The van der Waals surface area contributed by atoms with Crippen molar-refractivity contribution in [3.05, 3.63) is 78.3 Å². The summed E-state index contributed by atoms with van der Waals surface area (Å²) in [4.78, 5) is 31.1. The van der Waals surface area contributed by atoms with Gasteiger partial charge in [-0.05, 0) is 43.3 Å². The zero-order chi connectivity index (χ0) is 21.6. The number of hydrogen-bond acceptors (Lipinski definition) is 5. The van der Waals surface area contributed by atoms with Gasteiger partial charge < -0.3 is 14.6 Å². The molecule has 2 heterocycles. The van der Waals surface area contributed by atoms with Crippen molar-refractivity contribution in [3.63, 3.8) is 0 Å². The van der Waals surface area contributed by atoms with E-state index in [1.54, 1.807) is 28.8 Å². The Labute approximate surface area is 186 Å². The van der Waals surface area contributed by atoms with Crippen LogP contribution in [0.5, 0.6) is 0 Å². The lowest BCUT2D eigenvalue weighted by molar-refractivity contribution is -0.117. The molecule has 4 rings (SSSR count). The lowest BCUT2D eigenvalue weighted by atomic mass is 10.2. The minimum Gasteiger partial charge on any atom is -0.456 e. The molecule has 0 unspecified atom stereocenters. The Bertz CT molecular complexity index is 1040. The number of carbonyl (C=O) groups is 2. The van der Waals surface area contributed by atoms with Crippen LogP contribution < -0.4 is 5.32 Å². The van der Waals surface area contributed by atoms with Crippen LogP contribution in [0.1, 0.15) is 16.3 Å². The number of amides is 2. The second kappa shape index (κ2) is 9.85. The summed E-state index contributed by atoms with van der Waals surface area (Å²) in [6, 6.07) is 21.4. The molecule has 7 heteroatoms. The van der Waals surface area contributed by atoms with Crippen molar-refractivity contribution in [2.45, 2.75) is 16.7 Å². The Balaban J connectivity index is 1.30. The molecular formula is C24H25N3O3S. The zero-order valence-electron chi connectivity index (χ0n) is 17.4. The van der Waals surface area contributed by atoms with Crippen molar-refractivity contribution in [3.8, 4) is 0 Å². The molecule has 0 saturated carbocycles. The Hall–Kier alpha value is -3.03. The van der Waals surface area contributed by atoms with Gasteiger partial charge in [0.15, 0.2) is 5.76 Å². The molecule has 160 valence electrons. The number of benzene rings is 2. The van der Waals surface area contributed by atoms with E-state index in [1.165, 1.54) is 0 Å². The van der Waals surface area contributed by atoms with Gasteiger partial charge in [-0.1, -0.05) is 42.1 Å². The molecule has 1 saturated heterocycles. The van der Waals surface area contributed by atoms with Crippen LogP contribution in [0.2, 0.25) is 0 Å². The first-order valence-electron chi connectivity index (χ1n) is 10.3. The molecule has 0 spiro atoms. The van der Waals surface area contributed by atoms with Crippen molar-refractivity contribution in [1.82, 2.24) is 9.80 Å². The van der Waals surface area contributed by atoms with Gasteiger partial charge in [-0.3, -0.25) is 14.5 Å². The first kappa shape index (κ1) is 21.2. The van der Waals surface area contributed by atoms with Crippen molar-refractivity contribution in [1.29, 1.82) is 0 Å². The average Bonchev–Trinajstić information content (AvgIpc) is 3.22. The highest BCUT2D eigenvalue weighted by Gasteiger charge is 2.25. The number of para-hydroxylation sites is 1. The minimum atomic E-state index is -0.0935. The summed E-state index contributed by atoms with van der Waals surface area (Å²) in [5.41, 5.74) is 0.809. The number of nitrogens with zero attached hydrogens (tertiary/aromatic N) is 2. The quantitative estimate of drug-likeness (QED) is 0.631. The number of nitrogens with one attached hydrogen (secondary N) is 1. The van der Waals surface area contributed by atoms with Crippen LogP contribution in [0, 0.1) is 6.92 Å². The van der Waals surface area contributed by atoms with Crippen LogP contribution in [0.4, 0.5) is 5.69 Å². The average molecular weight is 436 g/mol. The fourth-order valence-electron chi connectivity index (χ4n) is 3.48. The highest BCUT2D eigenvalue weighted by Crippen LogP contribution is 2.33. The molecule has 2 aromatic carbocycles. The van der Waals surface area contributed by atoms with Crippen LogP contribution >= 0.6 is 11.8 Å². The highest BCUT2D eigenvalue weighted by atomic mass is 32.2. The van der Waals surface area contributed by atoms with E-state index in [9.17, 15) is 9.59 Å². The normalized spacial score (nSPS) is 14.4. The molecule has 1 aromatic heterocycles. The third kappa shape index (κ3) is 5.57. The summed E-state index contributed by atoms with van der Waals surface area (Å²) >= 11 is 1.62. The van der Waals surface area contributed by atoms with Crippen molar-refractivity contribution >= 4 is 29.3 Å². The van der Waals surface area contributed by atoms with Gasteiger partial charge in [0, 0.05) is 36.0 Å². The van der Waals surface area contributed by atoms with E-state index in [4.69, 9.17) is 4.42 Å². The predicted molar refractivity (Wildman–Crippen MR) is 121 cm³/mol. The zero-order valence-corrected chi connectivity index (χ0v) is 18.2. The van der Waals surface area contributed by atoms with Crippen molar-refractivity contribution in [2.24, 2.45) is 0 Å². The Kier molecular flexibility index (Phi) is 6.74. The third-order valence-electron chi connectivity index (χ3n) is 5.11. The lowest BCUT2D eigenvalue weighted by Gasteiger charge is -2.33. The van der Waals surface area contributed by atoms with E-state index in [-0.39, 0.29) is 11.8 Å². The van der Waals surface area contributed by atoms with Crippen LogP contribution in [0.3, 0.4) is 0 Å². The molecule has 1 aliphatic rings. The Morgan fingerprint density at radius 3 is 2.35 bits per heavy atom. The van der Waals surface area contributed by atoms with E-state index < -0.39 is 0 Å². The fraction of sp³-hybridized carbons (Fsp3) is 0.250. The smallest absolute Gasteiger partial charge is 0.289 e. The predicted octanol–water partition coefficient (Wildman–Crippen LogP) is 4.14. The summed E-state index contributed by atoms with van der Waals surface area (Å²) in [6.07, 6.45) is 0. The molecule has 2 amide bonds. The van der Waals surface area contributed by atoms with Crippen LogP contribution in [-0.4, -0.2) is 54.3 Å². The van der Waals surface area contributed by atoms with Crippen LogP contribution in [-0.2, 0) is 4.79 Å². The molecule has 0 atom stereocenters. The number of aryl methyl sites for hydroxylation is 1. The van der Waals surface area contributed by atoms with Gasteiger partial charge in [-0.25, -0.2) is 0 Å². The van der Waals surface area contributed by atoms with Crippen molar-refractivity contribution < 1.29 is 14.0 Å². The monoisotopic (exact) mass is 435 g/mol. The maximum Gasteiger partial charge on any atom is 0.289 e. The van der Waals surface area contributed by atoms with Crippen LogP contribution in [0.25, 0.3) is 0 Å². The Morgan fingerprint density at radius 2 is 1.65 bits per heavy atom. The van der Waals surface area contributed by atoms with Gasteiger partial charge in [0.25, 0.3) is 5.91 Å². The SMILES string of the molecule is Cc1ccc(C(=O)N2CCN(CC(=O)Nc3ccccc3Sc3ccccc3)CC2)o1. The fourth-order valence-corrected chi connectivity index (χ4v) is 4.40. The van der Waals surface area contributed by atoms with E-state index in [0.717, 1.165) is 21.2 Å². The third-order valence-corrected chi connectivity index (χ3v) is 6.19. The summed E-state index contributed by atoms with van der Waals surface area (Å²) in [5, 5.41) is 3.04. The molecule has 0 bridgehead atoms. The van der Waals surface area contributed by atoms with Gasteiger partial charge in [0.2, 0.25) is 5.91 Å². The highest BCUT2D eigenvalue weighted by molar-refractivity contribution is 7.99. The second-order valence-electron chi connectivity index (χ2n) is 7.44. The van der Waals surface area contributed by atoms with Crippen molar-refractivity contribution in [2.75, 3.05) is 38.0 Å². The van der Waals surface area contributed by atoms with E-state index in [1.807, 2.05) is 61.5 Å². The van der Waals surface area contributed by atoms with Gasteiger partial charge in [0.05, 0.1) is 12.2 Å². The van der Waals surface area contributed by atoms with Gasteiger partial charge in [-0.2, -0.15) is 0 Å². The molecule has 6 nitrogen and oxygen atoms in total. The standard InChI is InChI=1S/C24H25N3O3S/c1-18-11-12-21(30-18)24(29)27-15-13-26(14-16-27)17-23(28)25-20-9-5-6-10-22(20)31-19-7-3-2-4-8-19/h2-12H,13-17H2,1H3,(H,25,28). The van der Waals surface area contributed by atoms with Gasteiger partial charge >= 0.3 is 0 Å². The number of hydrogen-bond donors (Lipinski definition) is 1. The summed E-state index contributed by atoms with van der Waals surface area (Å²) < 4.78 is 5.44. The largest absolute Gasteiger partial charge is 0.456 e. The summed E-state index contributed by atoms with van der Waals surface area (Å²) in [5.74, 6) is 0.951. The lowest BCUT2D eigenvalue weighted by Crippen LogP contribution is -2.50. The molecule has 31 heavy (non-hydrogen) atoms. The second-order valence-corrected chi connectivity index (χ2v) is 8.55. The van der Waals surface area contributed by atoms with Crippen LogP contribution in [0.15, 0.2) is 80.9 Å². The number of carbonyl (C=O) groups excluding carboxylic acids is 2. The van der Waals surface area contributed by atoms with E-state index in [0.29, 0.717) is 38.5 Å². The topological polar surface area (TPSA) is 65.8 Å². The molecule has 1 fully saturated rings. The first-order valence-corrected chi connectivity index (χ1v) is 11.1. The molecule has 0 aliphatic carbocycles. The number of furan rings is 1.